The Bertz CT molecular complexity index is 1150. The average Bonchev–Trinajstić information content (AvgIpc) is 3.09. The molecule has 29 heavy (non-hydrogen) atoms. The van der Waals surface area contributed by atoms with Gasteiger partial charge in [0.2, 0.25) is 6.10 Å². The lowest BCUT2D eigenvalue weighted by molar-refractivity contribution is -0.127. The molecule has 1 aliphatic rings. The number of para-hydroxylation sites is 2. The van der Waals surface area contributed by atoms with Crippen LogP contribution in [0.4, 0.5) is 0 Å². The molecule has 0 aliphatic carbocycles. The third-order valence-corrected chi connectivity index (χ3v) is 5.54. The van der Waals surface area contributed by atoms with Gasteiger partial charge < -0.3 is 18.8 Å². The molecule has 0 bridgehead atoms. The fraction of sp³-hybridized carbons (Fsp3) is 0.286. The van der Waals surface area contributed by atoms with Crippen LogP contribution in [-0.4, -0.2) is 35.8 Å². The summed E-state index contributed by atoms with van der Waals surface area (Å²) in [6.45, 7) is 4.81. The van der Waals surface area contributed by atoms with E-state index in [2.05, 4.69) is 4.99 Å². The zero-order chi connectivity index (χ0) is 20.4. The number of carbonyl (C=O) groups is 2. The normalized spacial score (nSPS) is 16.1. The van der Waals surface area contributed by atoms with Gasteiger partial charge in [0.15, 0.2) is 16.3 Å². The highest BCUT2D eigenvalue weighted by Crippen LogP contribution is 2.31. The summed E-state index contributed by atoms with van der Waals surface area (Å²) in [6, 6.07) is 12.6. The molecule has 8 heteroatoms. The molecule has 2 aromatic carbocycles. The molecule has 1 amide bonds. The van der Waals surface area contributed by atoms with Gasteiger partial charge in [0.1, 0.15) is 6.61 Å². The highest BCUT2D eigenvalue weighted by molar-refractivity contribution is 7.16. The minimum Gasteiger partial charge on any atom is -0.485 e. The van der Waals surface area contributed by atoms with E-state index in [1.807, 2.05) is 29.7 Å². The Morgan fingerprint density at radius 1 is 1.21 bits per heavy atom. The maximum absolute atomic E-state index is 12.7. The minimum absolute atomic E-state index is 0.114. The molecule has 2 heterocycles. The molecule has 0 fully saturated rings. The van der Waals surface area contributed by atoms with Crippen LogP contribution < -0.4 is 14.3 Å². The fourth-order valence-corrected chi connectivity index (χ4v) is 4.25. The van der Waals surface area contributed by atoms with E-state index in [0.29, 0.717) is 35.0 Å². The largest absolute Gasteiger partial charge is 0.485 e. The van der Waals surface area contributed by atoms with E-state index in [9.17, 15) is 9.59 Å². The van der Waals surface area contributed by atoms with Crippen LogP contribution in [-0.2, 0) is 16.1 Å². The predicted molar refractivity (Wildman–Crippen MR) is 108 cm³/mol. The summed E-state index contributed by atoms with van der Waals surface area (Å²) in [5.41, 5.74) is 1.38. The number of aromatic nitrogens is 1. The van der Waals surface area contributed by atoms with E-state index in [-0.39, 0.29) is 12.6 Å². The van der Waals surface area contributed by atoms with E-state index >= 15 is 0 Å². The summed E-state index contributed by atoms with van der Waals surface area (Å²) < 4.78 is 19.2. The summed E-state index contributed by atoms with van der Waals surface area (Å²) >= 11 is 1.35. The molecule has 1 aliphatic heterocycles. The van der Waals surface area contributed by atoms with Gasteiger partial charge in [0.05, 0.1) is 22.4 Å². The van der Waals surface area contributed by atoms with Crippen molar-refractivity contribution in [1.82, 2.24) is 4.57 Å². The van der Waals surface area contributed by atoms with Gasteiger partial charge in [-0.1, -0.05) is 23.5 Å². The number of rotatable bonds is 4. The number of benzene rings is 2. The van der Waals surface area contributed by atoms with Crippen molar-refractivity contribution in [3.8, 4) is 11.5 Å². The van der Waals surface area contributed by atoms with Crippen molar-refractivity contribution >= 4 is 33.4 Å². The molecule has 0 N–H and O–H groups in total. The predicted octanol–water partition coefficient (Wildman–Crippen LogP) is 3.17. The number of thiazole rings is 1. The maximum Gasteiger partial charge on any atom is 0.338 e. The number of carbonyl (C=O) groups excluding carboxylic acids is 2. The fourth-order valence-electron chi connectivity index (χ4n) is 3.11. The number of hydrogen-bond acceptors (Lipinski definition) is 6. The zero-order valence-corrected chi connectivity index (χ0v) is 16.9. The van der Waals surface area contributed by atoms with Gasteiger partial charge in [0, 0.05) is 6.54 Å². The van der Waals surface area contributed by atoms with Crippen molar-refractivity contribution in [2.45, 2.75) is 26.5 Å². The minimum atomic E-state index is -0.796. The van der Waals surface area contributed by atoms with E-state index in [4.69, 9.17) is 14.2 Å². The first-order valence-corrected chi connectivity index (χ1v) is 10.2. The van der Waals surface area contributed by atoms with Gasteiger partial charge in [-0.25, -0.2) is 4.79 Å². The van der Waals surface area contributed by atoms with Gasteiger partial charge in [-0.05, 0) is 44.2 Å². The average molecular weight is 412 g/mol. The number of amides is 1. The summed E-state index contributed by atoms with van der Waals surface area (Å²) in [4.78, 5) is 29.6. The Balaban J connectivity index is 1.66. The van der Waals surface area contributed by atoms with Crippen molar-refractivity contribution in [3.63, 3.8) is 0 Å². The molecule has 0 radical (unpaired) electrons. The third-order valence-electron chi connectivity index (χ3n) is 4.50. The topological polar surface area (TPSA) is 79.1 Å². The van der Waals surface area contributed by atoms with Crippen LogP contribution in [0.1, 0.15) is 24.2 Å². The summed E-state index contributed by atoms with van der Waals surface area (Å²) in [7, 11) is 0. The Morgan fingerprint density at radius 2 is 2.00 bits per heavy atom. The van der Waals surface area contributed by atoms with E-state index in [0.717, 1.165) is 10.2 Å². The monoisotopic (exact) mass is 412 g/mol. The Kier molecular flexibility index (Phi) is 5.35. The molecular weight excluding hydrogens is 392 g/mol. The van der Waals surface area contributed by atoms with Crippen LogP contribution in [0, 0.1) is 0 Å². The number of hydrogen-bond donors (Lipinski definition) is 0. The van der Waals surface area contributed by atoms with Gasteiger partial charge >= 0.3 is 5.97 Å². The van der Waals surface area contributed by atoms with Crippen molar-refractivity contribution in [3.05, 3.63) is 52.8 Å². The lowest BCUT2D eigenvalue weighted by Gasteiger charge is -2.23. The molecule has 1 atom stereocenters. The van der Waals surface area contributed by atoms with E-state index in [1.54, 1.807) is 31.2 Å². The van der Waals surface area contributed by atoms with E-state index < -0.39 is 12.0 Å². The van der Waals surface area contributed by atoms with Crippen LogP contribution in [0.3, 0.4) is 0 Å². The maximum atomic E-state index is 12.7. The quantitative estimate of drug-likeness (QED) is 0.615. The number of nitrogens with zero attached hydrogens (tertiary/aromatic N) is 2. The third kappa shape index (κ3) is 3.75. The lowest BCUT2D eigenvalue weighted by Crippen LogP contribution is -2.36. The van der Waals surface area contributed by atoms with Gasteiger partial charge in [-0.15, -0.1) is 0 Å². The Labute approximate surface area is 171 Å². The molecule has 7 nitrogen and oxygen atoms in total. The highest BCUT2D eigenvalue weighted by Gasteiger charge is 2.27. The number of fused-ring (bicyclic) bond motifs is 2. The smallest absolute Gasteiger partial charge is 0.338 e. The van der Waals surface area contributed by atoms with Crippen molar-refractivity contribution in [2.24, 2.45) is 4.99 Å². The molecule has 3 aromatic rings. The highest BCUT2D eigenvalue weighted by atomic mass is 32.1. The summed E-state index contributed by atoms with van der Waals surface area (Å²) in [6.07, 6.45) is -0.796. The second-order valence-electron chi connectivity index (χ2n) is 6.35. The first-order chi connectivity index (χ1) is 14.1. The molecule has 0 saturated heterocycles. The van der Waals surface area contributed by atoms with Crippen LogP contribution in [0.15, 0.2) is 47.5 Å². The molecular formula is C21H20N2O5S. The van der Waals surface area contributed by atoms with Gasteiger partial charge in [-0.3, -0.25) is 4.79 Å². The molecule has 1 aromatic heterocycles. The number of aryl methyl sites for hydroxylation is 1. The van der Waals surface area contributed by atoms with Gasteiger partial charge in [0.25, 0.3) is 5.91 Å². The Morgan fingerprint density at radius 3 is 2.76 bits per heavy atom. The molecule has 0 unspecified atom stereocenters. The summed E-state index contributed by atoms with van der Waals surface area (Å²) in [5.74, 6) is 0.380. The van der Waals surface area contributed by atoms with Crippen LogP contribution in [0.25, 0.3) is 10.2 Å². The van der Waals surface area contributed by atoms with Crippen LogP contribution in [0.5, 0.6) is 11.5 Å². The van der Waals surface area contributed by atoms with Crippen molar-refractivity contribution < 1.29 is 23.8 Å². The first-order valence-electron chi connectivity index (χ1n) is 9.38. The molecule has 0 saturated carbocycles. The van der Waals surface area contributed by atoms with Gasteiger partial charge in [-0.2, -0.15) is 4.99 Å². The molecule has 0 spiro atoms. The van der Waals surface area contributed by atoms with Crippen molar-refractivity contribution in [2.75, 3.05) is 13.2 Å². The SMILES string of the molecule is CCOC(=O)c1ccc2c(c1)sc(=NC(=O)[C@H]1COc3ccccc3O1)n2CC. The second-order valence-corrected chi connectivity index (χ2v) is 7.36. The Hall–Kier alpha value is -3.13. The first kappa shape index (κ1) is 19.2. The van der Waals surface area contributed by atoms with Crippen molar-refractivity contribution in [1.29, 1.82) is 0 Å². The second kappa shape index (κ2) is 8.08. The zero-order valence-electron chi connectivity index (χ0n) is 16.1. The molecule has 150 valence electrons. The number of esters is 1. The van der Waals surface area contributed by atoms with E-state index in [1.165, 1.54) is 11.3 Å². The van der Waals surface area contributed by atoms with Crippen LogP contribution >= 0.6 is 11.3 Å². The number of ether oxygens (including phenoxy) is 3. The van der Waals surface area contributed by atoms with Crippen LogP contribution in [0.2, 0.25) is 0 Å². The lowest BCUT2D eigenvalue weighted by atomic mass is 10.2. The molecule has 4 rings (SSSR count). The standard InChI is InChI=1S/C21H20N2O5S/c1-3-23-14-10-9-13(20(25)26-4-2)11-18(14)29-21(23)22-19(24)17-12-27-15-7-5-6-8-16(15)28-17/h5-11,17H,3-4,12H2,1-2H3/t17-/m1/s1. The summed E-state index contributed by atoms with van der Waals surface area (Å²) in [5, 5.41) is 0.